The van der Waals surface area contributed by atoms with Crippen LogP contribution in [0.3, 0.4) is 0 Å². The summed E-state index contributed by atoms with van der Waals surface area (Å²) in [6.45, 7) is 11.6. The van der Waals surface area contributed by atoms with Crippen LogP contribution in [0.5, 0.6) is 0 Å². The number of H-pyrrole nitrogens is 1. The smallest absolute Gasteiger partial charge is 0.407 e. The van der Waals surface area contributed by atoms with E-state index in [2.05, 4.69) is 33.4 Å². The second kappa shape index (κ2) is 12.0. The Kier molecular flexibility index (Phi) is 8.84. The summed E-state index contributed by atoms with van der Waals surface area (Å²) < 4.78 is 1.73. The van der Waals surface area contributed by atoms with Gasteiger partial charge in [-0.3, -0.25) is 14.3 Å². The Morgan fingerprint density at radius 3 is 2.26 bits per heavy atom. The summed E-state index contributed by atoms with van der Waals surface area (Å²) >= 11 is 0. The summed E-state index contributed by atoms with van der Waals surface area (Å²) in [4.78, 5) is 44.9. The first kappa shape index (κ1) is 30.9. The first-order valence-electron chi connectivity index (χ1n) is 14.5. The van der Waals surface area contributed by atoms with Gasteiger partial charge in [0.15, 0.2) is 0 Å². The van der Waals surface area contributed by atoms with E-state index in [1.807, 2.05) is 66.9 Å². The van der Waals surface area contributed by atoms with E-state index in [-0.39, 0.29) is 30.1 Å². The number of pyridine rings is 1. The topological polar surface area (TPSA) is 124 Å². The standard InChI is InChI=1S/C32H44N6O4/c1-19-13-20(2)35-30(40)27(19)17-33-29(39)26-14-22(23-16-34-36(7)18-23)15-28(21(26)3)37(8)24-9-11-25(12-10-24)38(31(41)42)32(4,5)6/h13-16,18,24-25H,9-12,17H2,1-8H3,(H,33,39)(H,35,40)(H,41,42)/t24-,25-. The van der Waals surface area contributed by atoms with Gasteiger partial charge in [-0.1, -0.05) is 0 Å². The van der Waals surface area contributed by atoms with Crippen molar-refractivity contribution in [1.29, 1.82) is 0 Å². The number of nitrogens with zero attached hydrogens (tertiary/aromatic N) is 4. The van der Waals surface area contributed by atoms with Gasteiger partial charge in [0.2, 0.25) is 0 Å². The zero-order chi connectivity index (χ0) is 30.9. The lowest BCUT2D eigenvalue weighted by Crippen LogP contribution is -2.53. The molecule has 42 heavy (non-hydrogen) atoms. The van der Waals surface area contributed by atoms with Crippen molar-refractivity contribution >= 4 is 17.7 Å². The molecule has 0 spiro atoms. The molecule has 0 unspecified atom stereocenters. The second-order valence-electron chi connectivity index (χ2n) is 12.6. The molecule has 0 bridgehead atoms. The Morgan fingerprint density at radius 1 is 1.07 bits per heavy atom. The number of hydrogen-bond donors (Lipinski definition) is 3. The van der Waals surface area contributed by atoms with E-state index in [4.69, 9.17) is 0 Å². The highest BCUT2D eigenvalue weighted by atomic mass is 16.4. The Hall–Kier alpha value is -4.08. The number of carbonyl (C=O) groups is 2. The van der Waals surface area contributed by atoms with Gasteiger partial charge in [0, 0.05) is 72.5 Å². The number of benzene rings is 1. The molecular weight excluding hydrogens is 532 g/mol. The maximum atomic E-state index is 13.6. The largest absolute Gasteiger partial charge is 0.465 e. The van der Waals surface area contributed by atoms with Crippen LogP contribution < -0.4 is 15.8 Å². The zero-order valence-corrected chi connectivity index (χ0v) is 26.0. The van der Waals surface area contributed by atoms with E-state index in [0.29, 0.717) is 11.1 Å². The van der Waals surface area contributed by atoms with E-state index < -0.39 is 11.6 Å². The number of amides is 2. The number of anilines is 1. The van der Waals surface area contributed by atoms with Crippen molar-refractivity contribution in [2.24, 2.45) is 7.05 Å². The Morgan fingerprint density at radius 2 is 1.71 bits per heavy atom. The summed E-state index contributed by atoms with van der Waals surface area (Å²) in [5, 5.41) is 17.2. The number of rotatable bonds is 7. The molecule has 1 aromatic carbocycles. The monoisotopic (exact) mass is 576 g/mol. The van der Waals surface area contributed by atoms with E-state index >= 15 is 0 Å². The number of nitrogens with one attached hydrogen (secondary N) is 2. The van der Waals surface area contributed by atoms with Crippen LogP contribution in [0.25, 0.3) is 11.1 Å². The van der Waals surface area contributed by atoms with Gasteiger partial charge >= 0.3 is 6.09 Å². The lowest BCUT2D eigenvalue weighted by Gasteiger charge is -2.44. The summed E-state index contributed by atoms with van der Waals surface area (Å²) in [6, 6.07) is 6.06. The van der Waals surface area contributed by atoms with E-state index in [1.54, 1.807) is 15.8 Å². The fraction of sp³-hybridized carbons (Fsp3) is 0.500. The average Bonchev–Trinajstić information content (AvgIpc) is 3.33. The summed E-state index contributed by atoms with van der Waals surface area (Å²) in [6.07, 6.45) is 6.06. The second-order valence-corrected chi connectivity index (χ2v) is 12.6. The van der Waals surface area contributed by atoms with Gasteiger partial charge in [-0.05, 0) is 102 Å². The Balaban J connectivity index is 1.62. The minimum Gasteiger partial charge on any atom is -0.465 e. The third kappa shape index (κ3) is 6.53. The van der Waals surface area contributed by atoms with Crippen molar-refractivity contribution in [3.05, 3.63) is 68.9 Å². The maximum Gasteiger partial charge on any atom is 0.407 e. The van der Waals surface area contributed by atoms with Gasteiger partial charge in [0.05, 0.1) is 6.20 Å². The number of hydrogen-bond acceptors (Lipinski definition) is 5. The molecule has 3 N–H and O–H groups in total. The molecule has 4 rings (SSSR count). The van der Waals surface area contributed by atoms with Crippen molar-refractivity contribution in [3.63, 3.8) is 0 Å². The lowest BCUT2D eigenvalue weighted by atomic mass is 9.86. The summed E-state index contributed by atoms with van der Waals surface area (Å²) in [5.74, 6) is -0.252. The van der Waals surface area contributed by atoms with Crippen molar-refractivity contribution < 1.29 is 14.7 Å². The molecule has 2 amide bonds. The molecule has 1 fully saturated rings. The molecule has 226 valence electrons. The van der Waals surface area contributed by atoms with Gasteiger partial charge in [-0.25, -0.2) is 4.79 Å². The number of carbonyl (C=O) groups excluding carboxylic acids is 1. The van der Waals surface area contributed by atoms with Gasteiger partial charge in [-0.15, -0.1) is 0 Å². The van der Waals surface area contributed by atoms with E-state index in [1.165, 1.54) is 0 Å². The molecule has 1 saturated carbocycles. The molecule has 2 heterocycles. The number of aromatic amines is 1. The molecule has 1 aliphatic rings. The Bertz CT molecular complexity index is 1520. The van der Waals surface area contributed by atoms with E-state index in [0.717, 1.165) is 59.3 Å². The zero-order valence-electron chi connectivity index (χ0n) is 26.0. The fourth-order valence-electron chi connectivity index (χ4n) is 6.29. The van der Waals surface area contributed by atoms with Crippen LogP contribution in [0.15, 0.2) is 35.4 Å². The average molecular weight is 577 g/mol. The molecule has 3 aromatic rings. The highest BCUT2D eigenvalue weighted by Gasteiger charge is 2.36. The summed E-state index contributed by atoms with van der Waals surface area (Å²) in [7, 11) is 3.91. The molecule has 10 nitrogen and oxygen atoms in total. The molecule has 0 radical (unpaired) electrons. The first-order chi connectivity index (χ1) is 19.7. The highest BCUT2D eigenvalue weighted by Crippen LogP contribution is 2.36. The molecular formula is C32H44N6O4. The maximum absolute atomic E-state index is 13.6. The normalized spacial score (nSPS) is 17.1. The van der Waals surface area contributed by atoms with Gasteiger partial charge in [0.1, 0.15) is 0 Å². The molecule has 2 aromatic heterocycles. The number of aryl methyl sites for hydroxylation is 3. The minimum atomic E-state index is -0.877. The molecule has 10 heteroatoms. The van der Waals surface area contributed by atoms with Crippen molar-refractivity contribution in [2.75, 3.05) is 11.9 Å². The lowest BCUT2D eigenvalue weighted by molar-refractivity contribution is 0.0547. The molecule has 0 saturated heterocycles. The van der Waals surface area contributed by atoms with Crippen LogP contribution in [-0.2, 0) is 13.6 Å². The quantitative estimate of drug-likeness (QED) is 0.357. The van der Waals surface area contributed by atoms with Crippen LogP contribution >= 0.6 is 0 Å². The number of aromatic nitrogens is 3. The molecule has 0 aliphatic heterocycles. The van der Waals surface area contributed by atoms with Crippen LogP contribution in [0.4, 0.5) is 10.5 Å². The third-order valence-corrected chi connectivity index (χ3v) is 8.47. The van der Waals surface area contributed by atoms with Gasteiger partial charge in [-0.2, -0.15) is 5.10 Å². The first-order valence-corrected chi connectivity index (χ1v) is 14.5. The molecule has 0 atom stereocenters. The van der Waals surface area contributed by atoms with Crippen LogP contribution in [0.2, 0.25) is 0 Å². The van der Waals surface area contributed by atoms with E-state index in [9.17, 15) is 19.5 Å². The van der Waals surface area contributed by atoms with Crippen molar-refractivity contribution in [3.8, 4) is 11.1 Å². The predicted molar refractivity (Wildman–Crippen MR) is 165 cm³/mol. The van der Waals surface area contributed by atoms with Crippen LogP contribution in [0, 0.1) is 20.8 Å². The fourth-order valence-corrected chi connectivity index (χ4v) is 6.29. The van der Waals surface area contributed by atoms with Crippen LogP contribution in [0.1, 0.15) is 79.2 Å². The Labute approximate surface area is 247 Å². The van der Waals surface area contributed by atoms with Crippen molar-refractivity contribution in [1.82, 2.24) is 25.0 Å². The third-order valence-electron chi connectivity index (χ3n) is 8.47. The highest BCUT2D eigenvalue weighted by molar-refractivity contribution is 5.98. The predicted octanol–water partition coefficient (Wildman–Crippen LogP) is 5.16. The molecule has 1 aliphatic carbocycles. The SMILES string of the molecule is Cc1cc(C)c(CNC(=O)c2cc(-c3cnn(C)c3)cc(N(C)[C@H]3CC[C@H](N(C(=O)O)C(C)(C)C)CC3)c2C)c(=O)[nH]1. The van der Waals surface area contributed by atoms with Crippen molar-refractivity contribution in [2.45, 2.75) is 91.4 Å². The number of carboxylic acid groups (broad SMARTS) is 1. The van der Waals surface area contributed by atoms with Gasteiger partial charge < -0.3 is 25.2 Å². The van der Waals surface area contributed by atoms with Gasteiger partial charge in [0.25, 0.3) is 11.5 Å². The summed E-state index contributed by atoms with van der Waals surface area (Å²) in [5.41, 5.74) is 5.60. The van der Waals surface area contributed by atoms with Crippen LogP contribution in [-0.4, -0.2) is 61.4 Å². The minimum absolute atomic E-state index is 0.0234.